The summed E-state index contributed by atoms with van der Waals surface area (Å²) in [5.74, 6) is 1.78. The van der Waals surface area contributed by atoms with Gasteiger partial charge in [-0.1, -0.05) is 27.5 Å². The second kappa shape index (κ2) is 16.3. The van der Waals surface area contributed by atoms with E-state index < -0.39 is 0 Å². The minimum atomic E-state index is -0.0626. The number of Topliss-reactive ketones (excluding diaryl/α,β-unsaturated/α-hetero) is 2. The number of carbonyl (C=O) groups excluding carboxylic acids is 2. The van der Waals surface area contributed by atoms with Crippen LogP contribution in [0.15, 0.2) is 0 Å². The Morgan fingerprint density at radius 3 is 1.87 bits per heavy atom. The first-order valence-corrected chi connectivity index (χ1v) is 17.0. The van der Waals surface area contributed by atoms with Crippen molar-refractivity contribution in [2.24, 2.45) is 0 Å². The molecule has 0 fully saturated rings. The maximum absolute atomic E-state index is 12.1. The third kappa shape index (κ3) is 8.43. The number of hydrogen-bond donors (Lipinski definition) is 1. The van der Waals surface area contributed by atoms with Crippen LogP contribution in [0.1, 0.15) is 106 Å². The van der Waals surface area contributed by atoms with Crippen molar-refractivity contribution in [3.05, 3.63) is 55.6 Å². The number of aromatic hydroxyl groups is 1. The highest BCUT2D eigenvalue weighted by molar-refractivity contribution is 6.57. The van der Waals surface area contributed by atoms with Gasteiger partial charge in [0.25, 0.3) is 0 Å². The number of carbonyl (C=O) groups is 2. The highest BCUT2D eigenvalue weighted by Crippen LogP contribution is 2.39. The molecule has 2 atom stereocenters. The van der Waals surface area contributed by atoms with Crippen molar-refractivity contribution in [3.8, 4) is 11.5 Å². The second-order valence-electron chi connectivity index (χ2n) is 13.8. The molecule has 6 nitrogen and oxygen atoms in total. The molecule has 1 heterocycles. The Balaban J connectivity index is 0.000000314. The number of nitrogens with zero attached hydrogens (tertiary/aromatic N) is 2. The predicted molar refractivity (Wildman–Crippen MR) is 194 cm³/mol. The number of benzene rings is 2. The summed E-state index contributed by atoms with van der Waals surface area (Å²) < 4.78 is 6.26. The largest absolute Gasteiger partial charge is 0.559 e. The fraction of sp³-hybridized carbons (Fsp3) is 0.622. The zero-order valence-electron chi connectivity index (χ0n) is 31.1. The van der Waals surface area contributed by atoms with E-state index in [9.17, 15) is 14.7 Å². The van der Waals surface area contributed by atoms with E-state index in [4.69, 9.17) is 4.65 Å². The first-order valence-electron chi connectivity index (χ1n) is 17.0. The third-order valence-corrected chi connectivity index (χ3v) is 10.4. The van der Waals surface area contributed by atoms with Gasteiger partial charge in [0.15, 0.2) is 18.3 Å². The van der Waals surface area contributed by atoms with E-state index >= 15 is 0 Å². The quantitative estimate of drug-likeness (QED) is 0.206. The van der Waals surface area contributed by atoms with Gasteiger partial charge in [-0.3, -0.25) is 9.59 Å². The van der Waals surface area contributed by atoms with Gasteiger partial charge in [-0.2, -0.15) is 0 Å². The van der Waals surface area contributed by atoms with Crippen LogP contribution in [-0.4, -0.2) is 79.2 Å². The van der Waals surface area contributed by atoms with Crippen LogP contribution < -0.4 is 4.65 Å². The first-order chi connectivity index (χ1) is 20.9. The lowest BCUT2D eigenvalue weighted by atomic mass is 9.46. The van der Waals surface area contributed by atoms with Crippen LogP contribution >= 0.6 is 0 Å². The molecule has 8 heteroatoms. The summed E-state index contributed by atoms with van der Waals surface area (Å²) in [6.07, 6.45) is 3.97. The first kappa shape index (κ1) is 38.6. The molecule has 0 aliphatic carbocycles. The molecule has 1 N–H and O–H groups in total. The highest BCUT2D eigenvalue weighted by Gasteiger charge is 2.37. The molecule has 45 heavy (non-hydrogen) atoms. The number of hydrogen-bond acceptors (Lipinski definition) is 6. The molecule has 0 bridgehead atoms. The summed E-state index contributed by atoms with van der Waals surface area (Å²) in [4.78, 5) is 28.9. The van der Waals surface area contributed by atoms with Crippen molar-refractivity contribution in [2.45, 2.75) is 127 Å². The third-order valence-electron chi connectivity index (χ3n) is 10.4. The predicted octanol–water partition coefficient (Wildman–Crippen LogP) is 7.69. The fourth-order valence-electron chi connectivity index (χ4n) is 7.17. The molecule has 0 saturated carbocycles. The second-order valence-corrected chi connectivity index (χ2v) is 13.8. The van der Waals surface area contributed by atoms with Crippen LogP contribution in [0.2, 0.25) is 20.5 Å². The van der Waals surface area contributed by atoms with E-state index in [1.165, 1.54) is 23.6 Å². The Morgan fingerprint density at radius 1 is 0.867 bits per heavy atom. The average Bonchev–Trinajstić information content (AvgIpc) is 2.94. The molecule has 1 aliphatic heterocycles. The molecule has 0 amide bonds. The van der Waals surface area contributed by atoms with E-state index in [0.29, 0.717) is 24.2 Å². The molecule has 2 aromatic carbocycles. The van der Waals surface area contributed by atoms with Crippen LogP contribution in [0.25, 0.3) is 0 Å². The van der Waals surface area contributed by atoms with Crippen LogP contribution in [-0.2, 0) is 12.8 Å². The molecule has 248 valence electrons. The summed E-state index contributed by atoms with van der Waals surface area (Å²) in [5, 5.41) is 10.7. The number of likely N-dealkylation sites (N-methyl/N-ethyl adjacent to an activating group) is 2. The Morgan fingerprint density at radius 2 is 1.38 bits per heavy atom. The Labute approximate surface area is 275 Å². The lowest BCUT2D eigenvalue weighted by molar-refractivity contribution is 0.100. The van der Waals surface area contributed by atoms with Crippen molar-refractivity contribution >= 4 is 25.2 Å². The lowest BCUT2D eigenvalue weighted by Gasteiger charge is -2.37. The van der Waals surface area contributed by atoms with Gasteiger partial charge in [-0.05, 0) is 166 Å². The van der Waals surface area contributed by atoms with Gasteiger partial charge >= 0.3 is 6.92 Å². The maximum atomic E-state index is 12.1. The van der Waals surface area contributed by atoms with Crippen molar-refractivity contribution in [1.29, 1.82) is 0 Å². The number of ketones is 2. The lowest BCUT2D eigenvalue weighted by Crippen LogP contribution is -2.50. The van der Waals surface area contributed by atoms with Gasteiger partial charge in [-0.25, -0.2) is 0 Å². The molecule has 2 aromatic rings. The Hall–Kier alpha value is -2.57. The van der Waals surface area contributed by atoms with Crippen molar-refractivity contribution in [1.82, 2.24) is 9.80 Å². The highest BCUT2D eigenvalue weighted by atomic mass is 16.4. The average molecular weight is 619 g/mol. The van der Waals surface area contributed by atoms with Crippen LogP contribution in [0, 0.1) is 41.5 Å². The van der Waals surface area contributed by atoms with Crippen molar-refractivity contribution < 1.29 is 19.3 Å². The summed E-state index contributed by atoms with van der Waals surface area (Å²) in [5.41, 5.74) is 10.1. The van der Waals surface area contributed by atoms with E-state index in [1.807, 2.05) is 20.8 Å². The van der Waals surface area contributed by atoms with Crippen molar-refractivity contribution in [2.75, 3.05) is 27.2 Å². The summed E-state index contributed by atoms with van der Waals surface area (Å²) in [6.45, 7) is 29.1. The summed E-state index contributed by atoms with van der Waals surface area (Å²) in [7, 11) is 4.31. The normalized spacial score (nSPS) is 15.0. The maximum Gasteiger partial charge on any atom is 0.372 e. The van der Waals surface area contributed by atoms with Crippen molar-refractivity contribution in [3.63, 3.8) is 0 Å². The van der Waals surface area contributed by atoms with E-state index in [0.717, 1.165) is 77.9 Å². The molecule has 0 saturated heterocycles. The molecule has 1 aliphatic rings. The molecule has 0 aromatic heterocycles. The standard InChI is InChI=1S/C19H32BNO2.C18H28BNO2/c1-9-10-21(8)17(20(6)7)11-16-13(3)12(2)14(4)18(15(5)22)19(16)23;1-8-9-20(7)16-10-15-12(3)11(2)13(4)17(14(5)21)18(15)22-19(16)6/h17,23H,9-11H2,1-8H3;16H,8-10H2,1-7H3. The zero-order valence-corrected chi connectivity index (χ0v) is 31.1. The molecule has 0 radical (unpaired) electrons. The summed E-state index contributed by atoms with van der Waals surface area (Å²) in [6, 6.07) is 0. The molecule has 0 spiro atoms. The smallest absolute Gasteiger partial charge is 0.372 e. The minimum absolute atomic E-state index is 0.0626. The van der Waals surface area contributed by atoms with Gasteiger partial charge in [0.1, 0.15) is 11.5 Å². The molecule has 3 rings (SSSR count). The molecule has 2 unspecified atom stereocenters. The number of rotatable bonds is 11. The van der Waals surface area contributed by atoms with E-state index in [1.54, 1.807) is 6.92 Å². The Bertz CT molecular complexity index is 1390. The van der Waals surface area contributed by atoms with Gasteiger partial charge in [-0.15, -0.1) is 0 Å². The topological polar surface area (TPSA) is 70.1 Å². The fourth-order valence-corrected chi connectivity index (χ4v) is 7.17. The van der Waals surface area contributed by atoms with Crippen LogP contribution in [0.4, 0.5) is 0 Å². The van der Waals surface area contributed by atoms with Crippen LogP contribution in [0.3, 0.4) is 0 Å². The van der Waals surface area contributed by atoms with Gasteiger partial charge in [0.2, 0.25) is 0 Å². The SMILES string of the molecule is CCCN(C)C(Cc1c(C)c(C)c(C)c(C(C)=O)c1O)B(C)C.CCCN(C)C1Cc2c(C)c(C)c(C)c(C(C)=O)c2OB1C. The minimum Gasteiger partial charge on any atom is -0.559 e. The monoisotopic (exact) mass is 618 g/mol. The van der Waals surface area contributed by atoms with E-state index in [-0.39, 0.29) is 24.2 Å². The van der Waals surface area contributed by atoms with Gasteiger partial charge in [0, 0.05) is 5.94 Å². The Kier molecular flexibility index (Phi) is 14.0. The molecular formula is C37H60B2N2O4. The zero-order chi connectivity index (χ0) is 34.5. The van der Waals surface area contributed by atoms with Gasteiger partial charge in [0.05, 0.1) is 11.1 Å². The van der Waals surface area contributed by atoms with E-state index in [2.05, 4.69) is 79.0 Å². The summed E-state index contributed by atoms with van der Waals surface area (Å²) >= 11 is 0. The van der Waals surface area contributed by atoms with Crippen LogP contribution in [0.5, 0.6) is 11.5 Å². The number of fused-ring (bicyclic) bond motifs is 1. The molecular weight excluding hydrogens is 558 g/mol. The van der Waals surface area contributed by atoms with Gasteiger partial charge < -0.3 is 19.6 Å². The number of phenols is 1. The number of phenolic OH excluding ortho intramolecular Hbond substituents is 1.